The highest BCUT2D eigenvalue weighted by Gasteiger charge is 2.22. The summed E-state index contributed by atoms with van der Waals surface area (Å²) in [5, 5.41) is 0. The van der Waals surface area contributed by atoms with Gasteiger partial charge >= 0.3 is 0 Å². The Labute approximate surface area is 62.8 Å². The van der Waals surface area contributed by atoms with Crippen molar-refractivity contribution in [3.63, 3.8) is 0 Å². The van der Waals surface area contributed by atoms with Gasteiger partial charge in [-0.3, -0.25) is 0 Å². The average Bonchev–Trinajstić information content (AvgIpc) is 2.34. The first-order chi connectivity index (χ1) is 4.36. The van der Waals surface area contributed by atoms with Crippen LogP contribution in [-0.4, -0.2) is 19.6 Å². The lowest BCUT2D eigenvalue weighted by Crippen LogP contribution is -3.09. The maximum atomic E-state index is 2.31. The number of rotatable bonds is 2. The summed E-state index contributed by atoms with van der Waals surface area (Å²) in [5.74, 6) is 1.04. The topological polar surface area (TPSA) is 4.44 Å². The van der Waals surface area contributed by atoms with Crippen LogP contribution in [0.1, 0.15) is 26.7 Å². The predicted molar refractivity (Wildman–Crippen MR) is 39.6 cm³/mol. The number of hydrogen-bond acceptors (Lipinski definition) is 0. The largest absolute Gasteiger partial charge is 1.00 e. The van der Waals surface area contributed by atoms with Crippen molar-refractivity contribution >= 4 is 0 Å². The molecule has 0 aromatic carbocycles. The van der Waals surface area contributed by atoms with Gasteiger partial charge in [0, 0.05) is 12.3 Å². The lowest BCUT2D eigenvalue weighted by molar-refractivity contribution is -0.887. The standard InChI is InChI=1S/C8H17N.FH/c1-3-8-5-6-9(4-2)7-8;/h8H,3-7H2,1-2H3;1H. The minimum atomic E-state index is 0. The van der Waals surface area contributed by atoms with Crippen LogP contribution in [0.3, 0.4) is 0 Å². The lowest BCUT2D eigenvalue weighted by Gasteiger charge is -2.08. The monoisotopic (exact) mass is 147 g/mol. The normalized spacial score (nSPS) is 31.8. The Hall–Kier alpha value is -0.110. The van der Waals surface area contributed by atoms with E-state index in [1.165, 1.54) is 32.5 Å². The molecule has 0 aliphatic carbocycles. The fraction of sp³-hybridized carbons (Fsp3) is 1.00. The summed E-state index contributed by atoms with van der Waals surface area (Å²) in [6.07, 6.45) is 2.86. The highest BCUT2D eigenvalue weighted by atomic mass is 19.0. The summed E-state index contributed by atoms with van der Waals surface area (Å²) in [5.41, 5.74) is 0. The highest BCUT2D eigenvalue weighted by molar-refractivity contribution is 4.58. The van der Waals surface area contributed by atoms with Gasteiger partial charge in [0.2, 0.25) is 0 Å². The van der Waals surface area contributed by atoms with Crippen LogP contribution in [0.25, 0.3) is 0 Å². The number of likely N-dealkylation sites (tertiary alicyclic amines) is 1. The Bertz CT molecular complexity index is 75.3. The second kappa shape index (κ2) is 4.67. The van der Waals surface area contributed by atoms with Crippen LogP contribution in [0.4, 0.5) is 0 Å². The Morgan fingerprint density at radius 2 is 2.10 bits per heavy atom. The summed E-state index contributed by atoms with van der Waals surface area (Å²) >= 11 is 0. The SMILES string of the molecule is CCC1CC[NH+](CC)C1.[F-]. The Morgan fingerprint density at radius 3 is 2.40 bits per heavy atom. The van der Waals surface area contributed by atoms with Gasteiger partial charge in [-0.25, -0.2) is 0 Å². The Kier molecular flexibility index (Phi) is 4.62. The van der Waals surface area contributed by atoms with E-state index in [1.54, 1.807) is 0 Å². The van der Waals surface area contributed by atoms with Gasteiger partial charge in [0.15, 0.2) is 0 Å². The summed E-state index contributed by atoms with van der Waals surface area (Å²) in [4.78, 5) is 1.81. The minimum Gasteiger partial charge on any atom is -1.00 e. The molecule has 62 valence electrons. The van der Waals surface area contributed by atoms with E-state index >= 15 is 0 Å². The van der Waals surface area contributed by atoms with E-state index in [-0.39, 0.29) is 4.70 Å². The third-order valence-electron chi connectivity index (χ3n) is 2.56. The van der Waals surface area contributed by atoms with Crippen LogP contribution in [0.15, 0.2) is 0 Å². The van der Waals surface area contributed by atoms with Crippen LogP contribution in [0.2, 0.25) is 0 Å². The minimum absolute atomic E-state index is 0. The lowest BCUT2D eigenvalue weighted by atomic mass is 10.1. The van der Waals surface area contributed by atoms with Gasteiger partial charge in [0.05, 0.1) is 19.6 Å². The molecule has 0 bridgehead atoms. The van der Waals surface area contributed by atoms with Crippen molar-refractivity contribution in [2.45, 2.75) is 26.7 Å². The number of nitrogens with one attached hydrogen (secondary N) is 1. The van der Waals surface area contributed by atoms with Gasteiger partial charge in [0.25, 0.3) is 0 Å². The van der Waals surface area contributed by atoms with Gasteiger partial charge in [-0.2, -0.15) is 0 Å². The van der Waals surface area contributed by atoms with Crippen molar-refractivity contribution < 1.29 is 9.60 Å². The fourth-order valence-electron chi connectivity index (χ4n) is 1.69. The molecule has 0 spiro atoms. The second-order valence-corrected chi connectivity index (χ2v) is 3.12. The molecule has 2 atom stereocenters. The molecule has 0 amide bonds. The first-order valence-electron chi connectivity index (χ1n) is 4.20. The molecule has 0 saturated carbocycles. The van der Waals surface area contributed by atoms with E-state index in [4.69, 9.17) is 0 Å². The molecule has 1 N–H and O–H groups in total. The smallest absolute Gasteiger partial charge is 0.0801 e. The van der Waals surface area contributed by atoms with Crippen molar-refractivity contribution in [1.29, 1.82) is 0 Å². The fourth-order valence-corrected chi connectivity index (χ4v) is 1.69. The molecule has 1 saturated heterocycles. The van der Waals surface area contributed by atoms with Gasteiger partial charge in [-0.05, 0) is 13.3 Å². The zero-order valence-corrected chi connectivity index (χ0v) is 6.99. The molecular weight excluding hydrogens is 129 g/mol. The molecule has 1 aliphatic heterocycles. The molecule has 0 aromatic rings. The summed E-state index contributed by atoms with van der Waals surface area (Å²) in [7, 11) is 0. The number of halogens is 1. The van der Waals surface area contributed by atoms with Crippen LogP contribution in [0.5, 0.6) is 0 Å². The highest BCUT2D eigenvalue weighted by Crippen LogP contribution is 2.07. The van der Waals surface area contributed by atoms with Crippen molar-refractivity contribution in [1.82, 2.24) is 0 Å². The molecule has 2 heteroatoms. The summed E-state index contributed by atoms with van der Waals surface area (Å²) in [6, 6.07) is 0. The average molecular weight is 147 g/mol. The zero-order chi connectivity index (χ0) is 6.69. The van der Waals surface area contributed by atoms with Gasteiger partial charge in [0.1, 0.15) is 0 Å². The van der Waals surface area contributed by atoms with Gasteiger partial charge in [-0.15, -0.1) is 0 Å². The molecule has 1 rings (SSSR count). The molecule has 1 fully saturated rings. The van der Waals surface area contributed by atoms with Crippen LogP contribution < -0.4 is 9.60 Å². The molecular formula is C8H18FN. The summed E-state index contributed by atoms with van der Waals surface area (Å²) in [6.45, 7) is 8.79. The molecule has 10 heavy (non-hydrogen) atoms. The third kappa shape index (κ3) is 2.25. The van der Waals surface area contributed by atoms with Crippen molar-refractivity contribution in [2.24, 2.45) is 5.92 Å². The Morgan fingerprint density at radius 1 is 1.40 bits per heavy atom. The van der Waals surface area contributed by atoms with E-state index in [2.05, 4.69) is 13.8 Å². The molecule has 1 heterocycles. The molecule has 0 aromatic heterocycles. The van der Waals surface area contributed by atoms with E-state index < -0.39 is 0 Å². The van der Waals surface area contributed by atoms with Gasteiger partial charge in [-0.1, -0.05) is 6.92 Å². The van der Waals surface area contributed by atoms with Crippen molar-refractivity contribution in [3.05, 3.63) is 0 Å². The van der Waals surface area contributed by atoms with E-state index in [0.29, 0.717) is 0 Å². The van der Waals surface area contributed by atoms with Crippen LogP contribution >= 0.6 is 0 Å². The maximum Gasteiger partial charge on any atom is 0.0801 e. The Balaban J connectivity index is 0.000000810. The molecule has 0 radical (unpaired) electrons. The molecule has 1 aliphatic rings. The quantitative estimate of drug-likeness (QED) is 0.434. The predicted octanol–water partition coefficient (Wildman–Crippen LogP) is -2.67. The molecule has 1 nitrogen and oxygen atoms in total. The number of hydrogen-bond donors (Lipinski definition) is 1. The summed E-state index contributed by atoms with van der Waals surface area (Å²) < 4.78 is 0. The van der Waals surface area contributed by atoms with E-state index in [1.807, 2.05) is 4.90 Å². The first kappa shape index (κ1) is 9.89. The zero-order valence-electron chi connectivity index (χ0n) is 6.99. The second-order valence-electron chi connectivity index (χ2n) is 3.12. The van der Waals surface area contributed by atoms with E-state index in [0.717, 1.165) is 5.92 Å². The van der Waals surface area contributed by atoms with Crippen molar-refractivity contribution in [3.8, 4) is 0 Å². The molecule has 2 unspecified atom stereocenters. The maximum absolute atomic E-state index is 2.31. The van der Waals surface area contributed by atoms with Crippen LogP contribution in [-0.2, 0) is 0 Å². The number of quaternary nitrogens is 1. The van der Waals surface area contributed by atoms with E-state index in [9.17, 15) is 0 Å². The van der Waals surface area contributed by atoms with Crippen molar-refractivity contribution in [2.75, 3.05) is 19.6 Å². The van der Waals surface area contributed by atoms with Crippen LogP contribution in [0, 0.1) is 5.92 Å². The first-order valence-corrected chi connectivity index (χ1v) is 4.20. The van der Waals surface area contributed by atoms with Gasteiger partial charge < -0.3 is 9.60 Å². The third-order valence-corrected chi connectivity index (χ3v) is 2.56.